The minimum absolute atomic E-state index is 0.151. The van der Waals surface area contributed by atoms with Crippen molar-refractivity contribution in [3.8, 4) is 0 Å². The van der Waals surface area contributed by atoms with Crippen LogP contribution in [0.5, 0.6) is 0 Å². The van der Waals surface area contributed by atoms with Crippen LogP contribution in [0.15, 0.2) is 35.9 Å². The summed E-state index contributed by atoms with van der Waals surface area (Å²) in [6, 6.07) is 2.94. The number of aromatic nitrogens is 1. The van der Waals surface area contributed by atoms with Gasteiger partial charge in [0, 0.05) is 38.1 Å². The number of carbonyl (C=O) groups is 2. The second kappa shape index (κ2) is 7.13. The van der Waals surface area contributed by atoms with E-state index in [1.807, 2.05) is 6.07 Å². The quantitative estimate of drug-likeness (QED) is 0.809. The number of ether oxygens (including phenoxy) is 1. The largest absolute Gasteiger partial charge is 0.503 e. The Morgan fingerprint density at radius 2 is 2.12 bits per heavy atom. The zero-order valence-corrected chi connectivity index (χ0v) is 14.6. The van der Waals surface area contributed by atoms with Crippen LogP contribution >= 0.6 is 0 Å². The summed E-state index contributed by atoms with van der Waals surface area (Å²) in [4.78, 5) is 31.0. The SMILES string of the molecule is COCCCN1C(=O)C(O)=C(C(=O)C(C)(C)C)C1c1cccnc1. The molecule has 24 heavy (non-hydrogen) atoms. The maximum Gasteiger partial charge on any atom is 0.290 e. The molecule has 0 fully saturated rings. The van der Waals surface area contributed by atoms with E-state index in [1.54, 1.807) is 46.3 Å². The molecule has 6 nitrogen and oxygen atoms in total. The summed E-state index contributed by atoms with van der Waals surface area (Å²) in [5.41, 5.74) is 0.157. The first-order chi connectivity index (χ1) is 11.3. The average molecular weight is 332 g/mol. The van der Waals surface area contributed by atoms with Gasteiger partial charge in [0.05, 0.1) is 11.6 Å². The van der Waals surface area contributed by atoms with Gasteiger partial charge in [0.15, 0.2) is 11.5 Å². The standard InChI is InChI=1S/C18H24N2O4/c1-18(2,3)16(22)13-14(12-7-5-8-19-11-12)20(9-6-10-24-4)17(23)15(13)21/h5,7-8,11,14,21H,6,9-10H2,1-4H3. The average Bonchev–Trinajstić information content (AvgIpc) is 2.79. The highest BCUT2D eigenvalue weighted by Gasteiger charge is 2.45. The van der Waals surface area contributed by atoms with Gasteiger partial charge in [-0.1, -0.05) is 26.8 Å². The number of Topliss-reactive ketones (excluding diaryl/α,β-unsaturated/α-hetero) is 1. The number of pyridine rings is 1. The van der Waals surface area contributed by atoms with Gasteiger partial charge in [-0.3, -0.25) is 14.6 Å². The fourth-order valence-corrected chi connectivity index (χ4v) is 2.78. The maximum atomic E-state index is 12.8. The molecule has 1 amide bonds. The van der Waals surface area contributed by atoms with Gasteiger partial charge >= 0.3 is 0 Å². The van der Waals surface area contributed by atoms with Crippen LogP contribution in [-0.4, -0.2) is 46.9 Å². The molecule has 1 unspecified atom stereocenters. The summed E-state index contributed by atoms with van der Waals surface area (Å²) in [5.74, 6) is -1.22. The van der Waals surface area contributed by atoms with E-state index < -0.39 is 23.1 Å². The normalized spacial score (nSPS) is 18.4. The number of methoxy groups -OCH3 is 1. The van der Waals surface area contributed by atoms with E-state index in [0.717, 1.165) is 0 Å². The summed E-state index contributed by atoms with van der Waals surface area (Å²) in [6.07, 6.45) is 3.86. The first-order valence-corrected chi connectivity index (χ1v) is 7.96. The van der Waals surface area contributed by atoms with Crippen LogP contribution in [0.1, 0.15) is 38.8 Å². The number of rotatable bonds is 6. The Balaban J connectivity index is 2.46. The zero-order valence-electron chi connectivity index (χ0n) is 14.6. The van der Waals surface area contributed by atoms with E-state index in [2.05, 4.69) is 4.98 Å². The number of aliphatic hydroxyl groups is 1. The third-order valence-corrected chi connectivity index (χ3v) is 3.98. The summed E-state index contributed by atoms with van der Waals surface area (Å²) in [6.45, 7) is 6.19. The molecule has 0 radical (unpaired) electrons. The van der Waals surface area contributed by atoms with E-state index in [-0.39, 0.29) is 11.4 Å². The van der Waals surface area contributed by atoms with E-state index >= 15 is 0 Å². The molecule has 0 bridgehead atoms. The van der Waals surface area contributed by atoms with Crippen LogP contribution in [0.2, 0.25) is 0 Å². The van der Waals surface area contributed by atoms with Gasteiger partial charge in [-0.2, -0.15) is 0 Å². The Bertz CT molecular complexity index is 647. The van der Waals surface area contributed by atoms with Gasteiger partial charge in [-0.15, -0.1) is 0 Å². The Morgan fingerprint density at radius 1 is 1.42 bits per heavy atom. The topological polar surface area (TPSA) is 79.7 Å². The fourth-order valence-electron chi connectivity index (χ4n) is 2.78. The zero-order chi connectivity index (χ0) is 17.9. The number of amides is 1. The monoisotopic (exact) mass is 332 g/mol. The molecule has 1 aromatic heterocycles. The third-order valence-electron chi connectivity index (χ3n) is 3.98. The van der Waals surface area contributed by atoms with Crippen molar-refractivity contribution in [3.63, 3.8) is 0 Å². The summed E-state index contributed by atoms with van der Waals surface area (Å²) in [5, 5.41) is 10.4. The molecule has 130 valence electrons. The Labute approximate surface area is 142 Å². The lowest BCUT2D eigenvalue weighted by Crippen LogP contribution is -2.34. The molecule has 0 saturated carbocycles. The van der Waals surface area contributed by atoms with Crippen molar-refractivity contribution in [1.29, 1.82) is 0 Å². The Kier molecular flexibility index (Phi) is 5.39. The van der Waals surface area contributed by atoms with Gasteiger partial charge < -0.3 is 14.7 Å². The molecule has 0 aliphatic carbocycles. The highest BCUT2D eigenvalue weighted by molar-refractivity contribution is 6.10. The third kappa shape index (κ3) is 3.48. The van der Waals surface area contributed by atoms with Crippen LogP contribution in [0.25, 0.3) is 0 Å². The van der Waals surface area contributed by atoms with E-state index in [0.29, 0.717) is 25.1 Å². The molecular formula is C18H24N2O4. The predicted molar refractivity (Wildman–Crippen MR) is 89.3 cm³/mol. The van der Waals surface area contributed by atoms with Crippen molar-refractivity contribution in [3.05, 3.63) is 41.4 Å². The molecule has 6 heteroatoms. The number of nitrogens with zero attached hydrogens (tertiary/aromatic N) is 2. The molecule has 0 spiro atoms. The molecule has 1 aromatic rings. The second-order valence-electron chi connectivity index (χ2n) is 6.88. The molecule has 2 heterocycles. The second-order valence-corrected chi connectivity index (χ2v) is 6.88. The molecule has 2 rings (SSSR count). The highest BCUT2D eigenvalue weighted by atomic mass is 16.5. The summed E-state index contributed by atoms with van der Waals surface area (Å²) < 4.78 is 5.04. The summed E-state index contributed by atoms with van der Waals surface area (Å²) >= 11 is 0. The van der Waals surface area contributed by atoms with Crippen molar-refractivity contribution in [2.45, 2.75) is 33.2 Å². The van der Waals surface area contributed by atoms with Gasteiger partial charge in [-0.25, -0.2) is 0 Å². The fraction of sp³-hybridized carbons (Fsp3) is 0.500. The van der Waals surface area contributed by atoms with Gasteiger partial charge in [0.2, 0.25) is 0 Å². The van der Waals surface area contributed by atoms with Crippen LogP contribution in [0, 0.1) is 5.41 Å². The molecule has 0 aromatic carbocycles. The Morgan fingerprint density at radius 3 is 2.67 bits per heavy atom. The van der Waals surface area contributed by atoms with Gasteiger partial charge in [0.1, 0.15) is 0 Å². The molecule has 1 aliphatic heterocycles. The first-order valence-electron chi connectivity index (χ1n) is 7.96. The Hall–Kier alpha value is -2.21. The lowest BCUT2D eigenvalue weighted by molar-refractivity contribution is -0.129. The summed E-state index contributed by atoms with van der Waals surface area (Å²) in [7, 11) is 1.59. The smallest absolute Gasteiger partial charge is 0.290 e. The van der Waals surface area contributed by atoms with Crippen molar-refractivity contribution >= 4 is 11.7 Å². The lowest BCUT2D eigenvalue weighted by atomic mass is 9.82. The molecule has 1 atom stereocenters. The van der Waals surface area contributed by atoms with Crippen LogP contribution < -0.4 is 0 Å². The van der Waals surface area contributed by atoms with Crippen molar-refractivity contribution in [1.82, 2.24) is 9.88 Å². The minimum Gasteiger partial charge on any atom is -0.503 e. The van der Waals surface area contributed by atoms with Crippen LogP contribution in [0.4, 0.5) is 0 Å². The number of aliphatic hydroxyl groups excluding tert-OH is 1. The van der Waals surface area contributed by atoms with Crippen molar-refractivity contribution in [2.75, 3.05) is 20.3 Å². The molecule has 0 saturated heterocycles. The lowest BCUT2D eigenvalue weighted by Gasteiger charge is -2.28. The first kappa shape index (κ1) is 18.1. The minimum atomic E-state index is -0.702. The predicted octanol–water partition coefficient (Wildman–Crippen LogP) is 2.43. The van der Waals surface area contributed by atoms with Crippen molar-refractivity contribution in [2.24, 2.45) is 5.41 Å². The van der Waals surface area contributed by atoms with Crippen molar-refractivity contribution < 1.29 is 19.4 Å². The number of hydrogen-bond acceptors (Lipinski definition) is 5. The van der Waals surface area contributed by atoms with E-state index in [9.17, 15) is 14.7 Å². The molecule has 1 N–H and O–H groups in total. The molecule has 1 aliphatic rings. The highest BCUT2D eigenvalue weighted by Crippen LogP contribution is 2.40. The number of carbonyl (C=O) groups excluding carboxylic acids is 2. The van der Waals surface area contributed by atoms with E-state index in [1.165, 1.54) is 4.90 Å². The number of ketones is 1. The number of hydrogen-bond donors (Lipinski definition) is 1. The molecular weight excluding hydrogens is 308 g/mol. The van der Waals surface area contributed by atoms with E-state index in [4.69, 9.17) is 4.74 Å². The van der Waals surface area contributed by atoms with Crippen LogP contribution in [0.3, 0.4) is 0 Å². The van der Waals surface area contributed by atoms with Crippen LogP contribution in [-0.2, 0) is 14.3 Å². The maximum absolute atomic E-state index is 12.8. The van der Waals surface area contributed by atoms with Gasteiger partial charge in [0.25, 0.3) is 5.91 Å². The van der Waals surface area contributed by atoms with Gasteiger partial charge in [-0.05, 0) is 18.1 Å².